The molecule has 0 aromatic carbocycles. The number of aromatic nitrogens is 2. The van der Waals surface area contributed by atoms with E-state index in [0.29, 0.717) is 6.04 Å². The van der Waals surface area contributed by atoms with Crippen LogP contribution in [0.25, 0.3) is 0 Å². The van der Waals surface area contributed by atoms with Crippen molar-refractivity contribution in [1.82, 2.24) is 9.78 Å². The van der Waals surface area contributed by atoms with Gasteiger partial charge in [-0.25, -0.2) is 0 Å². The molecular formula is C10H15N3O. The number of anilines is 1. The average Bonchev–Trinajstić information content (AvgIpc) is 2.69. The Morgan fingerprint density at radius 3 is 2.93 bits per heavy atom. The predicted molar refractivity (Wildman–Crippen MR) is 54.0 cm³/mol. The molecule has 76 valence electrons. The first-order chi connectivity index (χ1) is 6.75. The first-order valence-electron chi connectivity index (χ1n) is 5.07. The van der Waals surface area contributed by atoms with Gasteiger partial charge >= 0.3 is 0 Å². The van der Waals surface area contributed by atoms with Gasteiger partial charge in [-0.15, -0.1) is 0 Å². The van der Waals surface area contributed by atoms with Crippen LogP contribution in [0.15, 0.2) is 12.4 Å². The summed E-state index contributed by atoms with van der Waals surface area (Å²) in [6, 6.07) is 0.539. The van der Waals surface area contributed by atoms with Gasteiger partial charge in [-0.2, -0.15) is 5.10 Å². The smallest absolute Gasteiger partial charge is 0.221 e. The quantitative estimate of drug-likeness (QED) is 0.780. The molecule has 1 aliphatic rings. The highest BCUT2D eigenvalue weighted by atomic mass is 16.1. The molecule has 1 N–H and O–H groups in total. The van der Waals surface area contributed by atoms with E-state index in [4.69, 9.17) is 0 Å². The number of carbonyl (C=O) groups excluding carboxylic acids is 1. The van der Waals surface area contributed by atoms with Crippen molar-refractivity contribution in [3.05, 3.63) is 12.4 Å². The molecule has 1 aliphatic carbocycles. The number of nitrogens with zero attached hydrogens (tertiary/aromatic N) is 2. The third-order valence-electron chi connectivity index (χ3n) is 2.62. The summed E-state index contributed by atoms with van der Waals surface area (Å²) >= 11 is 0. The van der Waals surface area contributed by atoms with Gasteiger partial charge in [0.15, 0.2) is 0 Å². The minimum absolute atomic E-state index is 0.0454. The first kappa shape index (κ1) is 9.24. The van der Waals surface area contributed by atoms with Gasteiger partial charge in [-0.1, -0.05) is 12.8 Å². The van der Waals surface area contributed by atoms with Crippen molar-refractivity contribution in [3.63, 3.8) is 0 Å². The lowest BCUT2D eigenvalue weighted by molar-refractivity contribution is -0.114. The van der Waals surface area contributed by atoms with Gasteiger partial charge in [0.05, 0.1) is 17.9 Å². The van der Waals surface area contributed by atoms with E-state index in [2.05, 4.69) is 10.4 Å². The molecule has 0 atom stereocenters. The molecule has 0 unspecified atom stereocenters. The number of hydrogen-bond donors (Lipinski definition) is 1. The van der Waals surface area contributed by atoms with Crippen LogP contribution in [0.3, 0.4) is 0 Å². The van der Waals surface area contributed by atoms with Crippen molar-refractivity contribution in [2.24, 2.45) is 0 Å². The van der Waals surface area contributed by atoms with E-state index in [0.717, 1.165) is 5.69 Å². The van der Waals surface area contributed by atoms with Crippen LogP contribution >= 0.6 is 0 Å². The highest BCUT2D eigenvalue weighted by molar-refractivity contribution is 5.88. The van der Waals surface area contributed by atoms with Crippen LogP contribution in [-0.2, 0) is 4.79 Å². The van der Waals surface area contributed by atoms with E-state index < -0.39 is 0 Å². The van der Waals surface area contributed by atoms with Gasteiger partial charge < -0.3 is 5.32 Å². The fourth-order valence-electron chi connectivity index (χ4n) is 1.97. The van der Waals surface area contributed by atoms with Gasteiger partial charge in [0.2, 0.25) is 5.91 Å². The maximum atomic E-state index is 10.8. The molecule has 0 saturated heterocycles. The fourth-order valence-corrected chi connectivity index (χ4v) is 1.97. The molecule has 14 heavy (non-hydrogen) atoms. The predicted octanol–water partition coefficient (Wildman–Crippen LogP) is 1.96. The minimum atomic E-state index is -0.0454. The Morgan fingerprint density at radius 2 is 2.29 bits per heavy atom. The van der Waals surface area contributed by atoms with Gasteiger partial charge in [-0.3, -0.25) is 9.48 Å². The van der Waals surface area contributed by atoms with Crippen LogP contribution < -0.4 is 5.32 Å². The Morgan fingerprint density at radius 1 is 1.57 bits per heavy atom. The summed E-state index contributed by atoms with van der Waals surface area (Å²) in [6.07, 6.45) is 8.62. The van der Waals surface area contributed by atoms with E-state index in [1.165, 1.54) is 32.6 Å². The van der Waals surface area contributed by atoms with E-state index in [1.54, 1.807) is 6.20 Å². The molecule has 0 spiro atoms. The zero-order valence-electron chi connectivity index (χ0n) is 8.36. The second kappa shape index (κ2) is 3.82. The van der Waals surface area contributed by atoms with Crippen LogP contribution in [0.2, 0.25) is 0 Å². The van der Waals surface area contributed by atoms with Crippen molar-refractivity contribution in [2.75, 3.05) is 5.32 Å². The Labute approximate surface area is 83.3 Å². The minimum Gasteiger partial charge on any atom is -0.324 e. The number of rotatable bonds is 2. The summed E-state index contributed by atoms with van der Waals surface area (Å²) in [7, 11) is 0. The van der Waals surface area contributed by atoms with Gasteiger partial charge in [-0.05, 0) is 12.8 Å². The summed E-state index contributed by atoms with van der Waals surface area (Å²) in [5, 5.41) is 6.98. The largest absolute Gasteiger partial charge is 0.324 e. The van der Waals surface area contributed by atoms with E-state index >= 15 is 0 Å². The number of hydrogen-bond acceptors (Lipinski definition) is 2. The first-order valence-corrected chi connectivity index (χ1v) is 5.07. The van der Waals surface area contributed by atoms with E-state index in [1.807, 2.05) is 10.9 Å². The van der Waals surface area contributed by atoms with Gasteiger partial charge in [0.25, 0.3) is 0 Å². The monoisotopic (exact) mass is 193 g/mol. The zero-order valence-corrected chi connectivity index (χ0v) is 8.36. The zero-order chi connectivity index (χ0) is 9.97. The molecular weight excluding hydrogens is 178 g/mol. The molecule has 1 aromatic heterocycles. The van der Waals surface area contributed by atoms with Gasteiger partial charge in [0.1, 0.15) is 0 Å². The lowest BCUT2D eigenvalue weighted by atomic mass is 10.3. The molecule has 1 amide bonds. The lowest BCUT2D eigenvalue weighted by Crippen LogP contribution is -2.06. The Kier molecular flexibility index (Phi) is 2.52. The summed E-state index contributed by atoms with van der Waals surface area (Å²) in [5.41, 5.74) is 0.796. The summed E-state index contributed by atoms with van der Waals surface area (Å²) in [5.74, 6) is -0.0454. The fraction of sp³-hybridized carbons (Fsp3) is 0.600. The number of amides is 1. The van der Waals surface area contributed by atoms with E-state index in [9.17, 15) is 4.79 Å². The highest BCUT2D eigenvalue weighted by Crippen LogP contribution is 2.29. The third-order valence-corrected chi connectivity index (χ3v) is 2.62. The highest BCUT2D eigenvalue weighted by Gasteiger charge is 2.17. The van der Waals surface area contributed by atoms with Crippen LogP contribution in [0.1, 0.15) is 38.6 Å². The Bertz CT molecular complexity index is 326. The second-order valence-electron chi connectivity index (χ2n) is 3.83. The molecule has 2 rings (SSSR count). The van der Waals surface area contributed by atoms with Crippen molar-refractivity contribution in [1.29, 1.82) is 0 Å². The van der Waals surface area contributed by atoms with Crippen LogP contribution in [0.5, 0.6) is 0 Å². The normalized spacial score (nSPS) is 17.2. The van der Waals surface area contributed by atoms with Crippen molar-refractivity contribution in [3.8, 4) is 0 Å². The molecule has 0 aliphatic heterocycles. The lowest BCUT2D eigenvalue weighted by Gasteiger charge is -2.08. The number of carbonyl (C=O) groups is 1. The Balaban J connectivity index is 2.05. The maximum Gasteiger partial charge on any atom is 0.221 e. The summed E-state index contributed by atoms with van der Waals surface area (Å²) in [6.45, 7) is 1.51. The molecule has 0 bridgehead atoms. The average molecular weight is 193 g/mol. The third kappa shape index (κ3) is 1.95. The van der Waals surface area contributed by atoms with Crippen molar-refractivity contribution < 1.29 is 4.79 Å². The van der Waals surface area contributed by atoms with Crippen LogP contribution in [0, 0.1) is 0 Å². The van der Waals surface area contributed by atoms with Crippen molar-refractivity contribution >= 4 is 11.6 Å². The van der Waals surface area contributed by atoms with Crippen LogP contribution in [-0.4, -0.2) is 15.7 Å². The number of nitrogens with one attached hydrogen (secondary N) is 1. The summed E-state index contributed by atoms with van der Waals surface area (Å²) < 4.78 is 1.97. The molecule has 4 heteroatoms. The Hall–Kier alpha value is -1.32. The maximum absolute atomic E-state index is 10.8. The van der Waals surface area contributed by atoms with Crippen LogP contribution in [0.4, 0.5) is 5.69 Å². The second-order valence-corrected chi connectivity index (χ2v) is 3.83. The summed E-state index contributed by atoms with van der Waals surface area (Å²) in [4.78, 5) is 10.8. The molecule has 1 aromatic rings. The molecule has 1 fully saturated rings. The van der Waals surface area contributed by atoms with Gasteiger partial charge in [0, 0.05) is 13.1 Å². The van der Waals surface area contributed by atoms with Crippen molar-refractivity contribution in [2.45, 2.75) is 38.6 Å². The topological polar surface area (TPSA) is 46.9 Å². The molecule has 1 saturated carbocycles. The molecule has 1 heterocycles. The SMILES string of the molecule is CC(=O)Nc1cnn(C2CCCC2)c1. The van der Waals surface area contributed by atoms with E-state index in [-0.39, 0.29) is 5.91 Å². The standard InChI is InChI=1S/C10H15N3O/c1-8(14)12-9-6-11-13(7-9)10-4-2-3-5-10/h6-7,10H,2-5H2,1H3,(H,12,14). The molecule has 0 radical (unpaired) electrons. The molecule has 4 nitrogen and oxygen atoms in total.